The van der Waals surface area contributed by atoms with E-state index < -0.39 is 0 Å². The topological polar surface area (TPSA) is 66.5 Å². The third-order valence-corrected chi connectivity index (χ3v) is 4.35. The molecule has 1 aliphatic heterocycles. The molecule has 0 bridgehead atoms. The highest BCUT2D eigenvalue weighted by molar-refractivity contribution is 5.66. The number of aliphatic hydroxyl groups is 1. The number of fused-ring (bicyclic) bond motifs is 1. The van der Waals surface area contributed by atoms with Gasteiger partial charge in [0.15, 0.2) is 5.65 Å². The van der Waals surface area contributed by atoms with Gasteiger partial charge >= 0.3 is 0 Å². The van der Waals surface area contributed by atoms with Crippen molar-refractivity contribution in [3.8, 4) is 11.1 Å². The van der Waals surface area contributed by atoms with Gasteiger partial charge in [-0.2, -0.15) is 4.52 Å². The lowest BCUT2D eigenvalue weighted by molar-refractivity contribution is 0.0670. The zero-order valence-corrected chi connectivity index (χ0v) is 12.8. The third-order valence-electron chi connectivity index (χ3n) is 4.35. The Balaban J connectivity index is 1.71. The minimum Gasteiger partial charge on any atom is -0.392 e. The summed E-state index contributed by atoms with van der Waals surface area (Å²) < 4.78 is 1.73. The molecule has 0 spiro atoms. The summed E-state index contributed by atoms with van der Waals surface area (Å²) >= 11 is 0. The van der Waals surface area contributed by atoms with E-state index in [9.17, 15) is 5.11 Å². The van der Waals surface area contributed by atoms with E-state index in [0.29, 0.717) is 6.54 Å². The maximum Gasteiger partial charge on any atom is 0.183 e. The summed E-state index contributed by atoms with van der Waals surface area (Å²) in [6.07, 6.45) is 3.65. The highest BCUT2D eigenvalue weighted by Crippen LogP contribution is 2.23. The number of benzene rings is 1. The molecule has 6 heteroatoms. The molecule has 118 valence electrons. The Hall–Kier alpha value is -2.31. The van der Waals surface area contributed by atoms with Gasteiger partial charge < -0.3 is 5.11 Å². The van der Waals surface area contributed by atoms with Crippen LogP contribution in [0.15, 0.2) is 42.6 Å². The minimum atomic E-state index is -0.229. The fraction of sp³-hybridized carbons (Fsp3) is 0.353. The van der Waals surface area contributed by atoms with Crippen LogP contribution >= 0.6 is 0 Å². The van der Waals surface area contributed by atoms with E-state index in [1.165, 1.54) is 0 Å². The quantitative estimate of drug-likeness (QED) is 0.798. The highest BCUT2D eigenvalue weighted by Gasteiger charge is 2.19. The normalized spacial score (nSPS) is 19.3. The van der Waals surface area contributed by atoms with Crippen LogP contribution in [0.25, 0.3) is 16.8 Å². The van der Waals surface area contributed by atoms with E-state index in [4.69, 9.17) is 0 Å². The van der Waals surface area contributed by atoms with E-state index in [0.717, 1.165) is 48.3 Å². The maximum atomic E-state index is 9.88. The van der Waals surface area contributed by atoms with E-state index >= 15 is 0 Å². The number of tetrazole rings is 1. The van der Waals surface area contributed by atoms with Crippen molar-refractivity contribution >= 4 is 5.65 Å². The van der Waals surface area contributed by atoms with Crippen molar-refractivity contribution in [2.24, 2.45) is 0 Å². The van der Waals surface area contributed by atoms with Crippen molar-refractivity contribution in [3.05, 3.63) is 48.2 Å². The molecule has 1 atom stereocenters. The Bertz CT molecular complexity index is 801. The van der Waals surface area contributed by atoms with Crippen LogP contribution < -0.4 is 0 Å². The van der Waals surface area contributed by atoms with Gasteiger partial charge in [-0.25, -0.2) is 0 Å². The summed E-state index contributed by atoms with van der Waals surface area (Å²) in [4.78, 5) is 2.27. The van der Waals surface area contributed by atoms with Gasteiger partial charge in [-0.15, -0.1) is 5.10 Å². The zero-order chi connectivity index (χ0) is 15.6. The molecule has 0 saturated carbocycles. The fourth-order valence-corrected chi connectivity index (χ4v) is 3.23. The lowest BCUT2D eigenvalue weighted by Crippen LogP contribution is -2.37. The Morgan fingerprint density at radius 1 is 1.17 bits per heavy atom. The number of pyridine rings is 1. The first-order valence-electron chi connectivity index (χ1n) is 7.96. The van der Waals surface area contributed by atoms with Gasteiger partial charge in [0, 0.05) is 30.4 Å². The molecule has 1 saturated heterocycles. The van der Waals surface area contributed by atoms with Crippen LogP contribution in [0.3, 0.4) is 0 Å². The molecular weight excluding hydrogens is 290 g/mol. The molecule has 1 unspecified atom stereocenters. The molecule has 1 aromatic carbocycles. The first-order valence-corrected chi connectivity index (χ1v) is 7.96. The summed E-state index contributed by atoms with van der Waals surface area (Å²) in [7, 11) is 0. The van der Waals surface area contributed by atoms with Crippen LogP contribution in [0.5, 0.6) is 0 Å². The first kappa shape index (κ1) is 14.3. The average Bonchev–Trinajstić information content (AvgIpc) is 3.04. The van der Waals surface area contributed by atoms with Crippen LogP contribution in [-0.2, 0) is 6.54 Å². The second kappa shape index (κ2) is 6.06. The number of piperidine rings is 1. The predicted octanol–water partition coefficient (Wildman–Crippen LogP) is 1.75. The number of hydrogen-bond acceptors (Lipinski definition) is 5. The maximum absolute atomic E-state index is 9.88. The predicted molar refractivity (Wildman–Crippen MR) is 86.7 cm³/mol. The Morgan fingerprint density at radius 3 is 2.87 bits per heavy atom. The molecule has 0 radical (unpaired) electrons. The largest absolute Gasteiger partial charge is 0.392 e. The third kappa shape index (κ3) is 2.95. The van der Waals surface area contributed by atoms with Crippen molar-refractivity contribution < 1.29 is 5.11 Å². The van der Waals surface area contributed by atoms with Gasteiger partial charge in [-0.05, 0) is 41.4 Å². The number of β-amino-alcohol motifs (C(OH)–C–C–N with tert-alkyl or cyclic N) is 1. The summed E-state index contributed by atoms with van der Waals surface area (Å²) in [5.74, 6) is 0. The molecule has 1 N–H and O–H groups in total. The number of aliphatic hydroxyl groups excluding tert-OH is 1. The number of nitrogens with zero attached hydrogens (tertiary/aromatic N) is 5. The molecule has 1 fully saturated rings. The van der Waals surface area contributed by atoms with Crippen LogP contribution in [0.4, 0.5) is 0 Å². The Morgan fingerprint density at radius 2 is 2.04 bits per heavy atom. The van der Waals surface area contributed by atoms with Crippen LogP contribution in [-0.4, -0.2) is 49.2 Å². The fourth-order valence-electron chi connectivity index (χ4n) is 3.23. The first-order chi connectivity index (χ1) is 11.3. The lowest BCUT2D eigenvalue weighted by Gasteiger charge is -2.30. The standard InChI is InChI=1S/C17H19N5O/c23-16-7-4-8-21(12-16)10-15-9-14(13-5-2-1-3-6-13)11-22-17(15)18-19-20-22/h1-3,5-6,9,11,16,23H,4,7-8,10,12H2. The summed E-state index contributed by atoms with van der Waals surface area (Å²) in [5.41, 5.74) is 4.11. The number of likely N-dealkylation sites (tertiary alicyclic amines) is 1. The Kier molecular flexibility index (Phi) is 3.77. The van der Waals surface area contributed by atoms with E-state index in [1.807, 2.05) is 24.4 Å². The van der Waals surface area contributed by atoms with E-state index in [2.05, 4.69) is 38.6 Å². The van der Waals surface area contributed by atoms with Crippen LogP contribution in [0, 0.1) is 0 Å². The van der Waals surface area contributed by atoms with Crippen LogP contribution in [0.2, 0.25) is 0 Å². The minimum absolute atomic E-state index is 0.229. The summed E-state index contributed by atoms with van der Waals surface area (Å²) in [6, 6.07) is 12.4. The molecule has 6 nitrogen and oxygen atoms in total. The molecule has 0 aliphatic carbocycles. The van der Waals surface area contributed by atoms with E-state index in [-0.39, 0.29) is 6.10 Å². The second-order valence-corrected chi connectivity index (χ2v) is 6.10. The van der Waals surface area contributed by atoms with Gasteiger partial charge in [-0.1, -0.05) is 30.3 Å². The molecular formula is C17H19N5O. The van der Waals surface area contributed by atoms with Crippen molar-refractivity contribution in [1.82, 2.24) is 24.9 Å². The molecule has 4 rings (SSSR count). The van der Waals surface area contributed by atoms with Crippen molar-refractivity contribution in [3.63, 3.8) is 0 Å². The van der Waals surface area contributed by atoms with Crippen molar-refractivity contribution in [2.45, 2.75) is 25.5 Å². The average molecular weight is 309 g/mol. The smallest absolute Gasteiger partial charge is 0.183 e. The van der Waals surface area contributed by atoms with Gasteiger partial charge in [0.1, 0.15) is 0 Å². The monoisotopic (exact) mass is 309 g/mol. The highest BCUT2D eigenvalue weighted by atomic mass is 16.3. The molecule has 0 amide bonds. The Labute approximate surface area is 134 Å². The lowest BCUT2D eigenvalue weighted by atomic mass is 10.0. The van der Waals surface area contributed by atoms with Crippen LogP contribution in [0.1, 0.15) is 18.4 Å². The molecule has 3 heterocycles. The number of hydrogen-bond donors (Lipinski definition) is 1. The molecule has 1 aliphatic rings. The second-order valence-electron chi connectivity index (χ2n) is 6.10. The zero-order valence-electron chi connectivity index (χ0n) is 12.8. The summed E-state index contributed by atoms with van der Waals surface area (Å²) in [5, 5.41) is 21.9. The molecule has 2 aromatic heterocycles. The molecule has 23 heavy (non-hydrogen) atoms. The van der Waals surface area contributed by atoms with Gasteiger partial charge in [0.25, 0.3) is 0 Å². The van der Waals surface area contributed by atoms with Gasteiger partial charge in [0.05, 0.1) is 6.10 Å². The summed E-state index contributed by atoms with van der Waals surface area (Å²) in [6.45, 7) is 2.46. The van der Waals surface area contributed by atoms with E-state index in [1.54, 1.807) is 4.52 Å². The number of rotatable bonds is 3. The van der Waals surface area contributed by atoms with Crippen molar-refractivity contribution in [1.29, 1.82) is 0 Å². The van der Waals surface area contributed by atoms with Gasteiger partial charge in [-0.3, -0.25) is 4.90 Å². The van der Waals surface area contributed by atoms with Gasteiger partial charge in [0.2, 0.25) is 0 Å². The molecule has 3 aromatic rings. The van der Waals surface area contributed by atoms with Crippen molar-refractivity contribution in [2.75, 3.05) is 13.1 Å². The number of aromatic nitrogens is 4. The SMILES string of the molecule is OC1CCCN(Cc2cc(-c3ccccc3)cn3nnnc23)C1.